The monoisotopic (exact) mass is 370 g/mol. The number of carbonyl (C=O) groups excluding carboxylic acids is 1. The number of nitrogens with zero attached hydrogens (tertiary/aromatic N) is 3. The van der Waals surface area contributed by atoms with Gasteiger partial charge in [-0.15, -0.1) is 11.3 Å². The van der Waals surface area contributed by atoms with Gasteiger partial charge in [-0.05, 0) is 57.1 Å². The van der Waals surface area contributed by atoms with Crippen molar-refractivity contribution in [1.29, 1.82) is 5.26 Å². The van der Waals surface area contributed by atoms with E-state index in [4.69, 9.17) is 10.00 Å². The van der Waals surface area contributed by atoms with Crippen molar-refractivity contribution in [3.8, 4) is 11.8 Å². The number of nitrogens with one attached hydrogen (secondary N) is 1. The van der Waals surface area contributed by atoms with Crippen molar-refractivity contribution in [3.05, 3.63) is 40.9 Å². The molecule has 1 amide bonds. The molecule has 1 N–H and O–H groups in total. The highest BCUT2D eigenvalue weighted by molar-refractivity contribution is 7.13. The molecule has 1 atom stereocenters. The van der Waals surface area contributed by atoms with Gasteiger partial charge in [0.15, 0.2) is 11.2 Å². The van der Waals surface area contributed by atoms with Crippen molar-refractivity contribution < 1.29 is 9.53 Å². The van der Waals surface area contributed by atoms with Gasteiger partial charge in [0.25, 0.3) is 5.91 Å². The maximum absolute atomic E-state index is 12.3. The molecule has 2 aromatic rings. The van der Waals surface area contributed by atoms with Gasteiger partial charge >= 0.3 is 0 Å². The summed E-state index contributed by atoms with van der Waals surface area (Å²) < 4.78 is 5.62. The Morgan fingerprint density at radius 1 is 1.35 bits per heavy atom. The van der Waals surface area contributed by atoms with Crippen LogP contribution in [0.5, 0.6) is 5.75 Å². The fourth-order valence-corrected chi connectivity index (χ4v) is 3.56. The van der Waals surface area contributed by atoms with Gasteiger partial charge in [-0.1, -0.05) is 6.42 Å². The van der Waals surface area contributed by atoms with Gasteiger partial charge in [0, 0.05) is 11.9 Å². The molecule has 136 valence electrons. The summed E-state index contributed by atoms with van der Waals surface area (Å²) in [5.74, 6) is 0.310. The lowest BCUT2D eigenvalue weighted by Gasteiger charge is -2.25. The third kappa shape index (κ3) is 5.04. The number of benzene rings is 1. The van der Waals surface area contributed by atoms with E-state index >= 15 is 0 Å². The predicted octanol–water partition coefficient (Wildman–Crippen LogP) is 3.41. The van der Waals surface area contributed by atoms with E-state index in [1.54, 1.807) is 31.2 Å². The summed E-state index contributed by atoms with van der Waals surface area (Å²) in [6.45, 7) is 4.77. The van der Waals surface area contributed by atoms with E-state index in [0.29, 0.717) is 16.4 Å². The molecule has 1 aromatic carbocycles. The zero-order chi connectivity index (χ0) is 18.4. The van der Waals surface area contributed by atoms with Crippen molar-refractivity contribution in [3.63, 3.8) is 0 Å². The largest absolute Gasteiger partial charge is 0.481 e. The summed E-state index contributed by atoms with van der Waals surface area (Å²) in [5.41, 5.74) is 1.55. The molecule has 1 aliphatic heterocycles. The number of ether oxygens (including phenoxy) is 1. The Hall–Kier alpha value is -2.43. The molecule has 2 heterocycles. The molecular formula is C19H22N4O2S. The summed E-state index contributed by atoms with van der Waals surface area (Å²) in [4.78, 5) is 19.2. The predicted molar refractivity (Wildman–Crippen MR) is 101 cm³/mol. The standard InChI is InChI=1S/C19H22N4O2S/c1-14(25-17-7-5-15(11-20)6-8-17)18(24)22-19-21-16(13-26-19)12-23-9-3-2-4-10-23/h5-8,13-14H,2-4,9-10,12H2,1H3,(H,21,22,24)/t14-/m1/s1. The van der Waals surface area contributed by atoms with Gasteiger partial charge in [-0.3, -0.25) is 15.0 Å². The molecule has 0 radical (unpaired) electrons. The van der Waals surface area contributed by atoms with Gasteiger partial charge < -0.3 is 4.74 Å². The zero-order valence-corrected chi connectivity index (χ0v) is 15.6. The fraction of sp³-hybridized carbons (Fsp3) is 0.421. The van der Waals surface area contributed by atoms with Gasteiger partial charge in [-0.2, -0.15) is 5.26 Å². The Bertz CT molecular complexity index is 776. The van der Waals surface area contributed by atoms with E-state index in [9.17, 15) is 4.79 Å². The number of carbonyl (C=O) groups is 1. The van der Waals surface area contributed by atoms with Gasteiger partial charge in [0.05, 0.1) is 17.3 Å². The van der Waals surface area contributed by atoms with Crippen molar-refractivity contribution in [2.75, 3.05) is 18.4 Å². The molecule has 0 spiro atoms. The molecule has 0 aliphatic carbocycles. The molecule has 1 fully saturated rings. The highest BCUT2D eigenvalue weighted by Crippen LogP contribution is 2.20. The third-order valence-corrected chi connectivity index (χ3v) is 5.09. The van der Waals surface area contributed by atoms with Crippen molar-refractivity contribution in [2.24, 2.45) is 0 Å². The Kier molecular flexibility index (Phi) is 6.21. The molecule has 1 aliphatic rings. The lowest BCUT2D eigenvalue weighted by Crippen LogP contribution is -2.30. The molecule has 3 rings (SSSR count). The second kappa shape index (κ2) is 8.79. The minimum absolute atomic E-state index is 0.242. The van der Waals surface area contributed by atoms with Crippen LogP contribution in [-0.4, -0.2) is 35.0 Å². The second-order valence-corrected chi connectivity index (χ2v) is 7.22. The number of piperidine rings is 1. The van der Waals surface area contributed by atoms with Crippen molar-refractivity contribution in [1.82, 2.24) is 9.88 Å². The lowest BCUT2D eigenvalue weighted by molar-refractivity contribution is -0.122. The summed E-state index contributed by atoms with van der Waals surface area (Å²) >= 11 is 1.43. The fourth-order valence-electron chi connectivity index (χ4n) is 2.86. The Morgan fingerprint density at radius 2 is 2.08 bits per heavy atom. The zero-order valence-electron chi connectivity index (χ0n) is 14.8. The van der Waals surface area contributed by atoms with E-state index in [0.717, 1.165) is 25.3 Å². The number of amides is 1. The van der Waals surface area contributed by atoms with E-state index < -0.39 is 6.10 Å². The van der Waals surface area contributed by atoms with Crippen molar-refractivity contribution in [2.45, 2.75) is 38.8 Å². The molecule has 1 saturated heterocycles. The number of rotatable bonds is 6. The van der Waals surface area contributed by atoms with Gasteiger partial charge in [-0.25, -0.2) is 4.98 Å². The average molecular weight is 370 g/mol. The number of anilines is 1. The minimum Gasteiger partial charge on any atom is -0.481 e. The van der Waals surface area contributed by atoms with Crippen LogP contribution < -0.4 is 10.1 Å². The smallest absolute Gasteiger partial charge is 0.266 e. The summed E-state index contributed by atoms with van der Waals surface area (Å²) in [6.07, 6.45) is 3.15. The molecule has 1 aromatic heterocycles. The van der Waals surface area contributed by atoms with Crippen LogP contribution in [0.15, 0.2) is 29.6 Å². The molecular weight excluding hydrogens is 348 g/mol. The second-order valence-electron chi connectivity index (χ2n) is 6.37. The third-order valence-electron chi connectivity index (χ3n) is 4.28. The van der Waals surface area contributed by atoms with Gasteiger partial charge in [0.1, 0.15) is 5.75 Å². The lowest BCUT2D eigenvalue weighted by atomic mass is 10.1. The normalized spacial score (nSPS) is 15.8. The molecule has 0 saturated carbocycles. The Morgan fingerprint density at radius 3 is 2.77 bits per heavy atom. The molecule has 6 nitrogen and oxygen atoms in total. The average Bonchev–Trinajstić information content (AvgIpc) is 3.10. The number of aromatic nitrogens is 1. The summed E-state index contributed by atoms with van der Waals surface area (Å²) in [6, 6.07) is 8.74. The first-order valence-corrected chi connectivity index (χ1v) is 9.66. The number of likely N-dealkylation sites (tertiary alicyclic amines) is 1. The first kappa shape index (κ1) is 18.4. The summed E-state index contributed by atoms with van der Waals surface area (Å²) in [5, 5.41) is 14.2. The van der Waals surface area contributed by atoms with Crippen LogP contribution in [-0.2, 0) is 11.3 Å². The Balaban J connectivity index is 1.51. The highest BCUT2D eigenvalue weighted by Gasteiger charge is 2.17. The number of nitriles is 1. The number of hydrogen-bond acceptors (Lipinski definition) is 6. The van der Waals surface area contributed by atoms with Crippen LogP contribution in [0.2, 0.25) is 0 Å². The van der Waals surface area contributed by atoms with Crippen LogP contribution in [0.4, 0.5) is 5.13 Å². The Labute approximate surface area is 157 Å². The van der Waals surface area contributed by atoms with E-state index in [1.165, 1.54) is 30.6 Å². The number of hydrogen-bond donors (Lipinski definition) is 1. The first-order chi connectivity index (χ1) is 12.6. The summed E-state index contributed by atoms with van der Waals surface area (Å²) in [7, 11) is 0. The highest BCUT2D eigenvalue weighted by atomic mass is 32.1. The molecule has 7 heteroatoms. The van der Waals surface area contributed by atoms with E-state index in [1.807, 2.05) is 11.4 Å². The van der Waals surface area contributed by atoms with Crippen LogP contribution in [0.1, 0.15) is 37.4 Å². The minimum atomic E-state index is -0.655. The van der Waals surface area contributed by atoms with Crippen LogP contribution in [0, 0.1) is 11.3 Å². The topological polar surface area (TPSA) is 78.2 Å². The molecule has 26 heavy (non-hydrogen) atoms. The van der Waals surface area contributed by atoms with Crippen LogP contribution in [0.25, 0.3) is 0 Å². The van der Waals surface area contributed by atoms with Crippen LogP contribution in [0.3, 0.4) is 0 Å². The van der Waals surface area contributed by atoms with Crippen molar-refractivity contribution >= 4 is 22.4 Å². The van der Waals surface area contributed by atoms with Gasteiger partial charge in [0.2, 0.25) is 0 Å². The van der Waals surface area contributed by atoms with E-state index in [2.05, 4.69) is 15.2 Å². The maximum Gasteiger partial charge on any atom is 0.266 e. The maximum atomic E-state index is 12.3. The first-order valence-electron chi connectivity index (χ1n) is 8.78. The number of thiazole rings is 1. The molecule has 0 unspecified atom stereocenters. The SMILES string of the molecule is C[C@@H](Oc1ccc(C#N)cc1)C(=O)Nc1nc(CN2CCCCC2)cs1. The quantitative estimate of drug-likeness (QED) is 0.843. The van der Waals surface area contributed by atoms with Crippen LogP contribution >= 0.6 is 11.3 Å². The van der Waals surface area contributed by atoms with E-state index in [-0.39, 0.29) is 5.91 Å². The molecule has 0 bridgehead atoms.